The van der Waals surface area contributed by atoms with E-state index >= 15 is 4.39 Å². The van der Waals surface area contributed by atoms with Crippen LogP contribution in [-0.2, 0) is 17.6 Å². The van der Waals surface area contributed by atoms with Crippen LogP contribution in [0.3, 0.4) is 0 Å². The summed E-state index contributed by atoms with van der Waals surface area (Å²) < 4.78 is 50.6. The van der Waals surface area contributed by atoms with Gasteiger partial charge in [-0.3, -0.25) is 14.7 Å². The average molecular weight is 603 g/mol. The molecule has 0 N–H and O–H groups in total. The summed E-state index contributed by atoms with van der Waals surface area (Å²) in [6.07, 6.45) is 5.32. The lowest BCUT2D eigenvalue weighted by Crippen LogP contribution is -2.63. The molecule has 8 nitrogen and oxygen atoms in total. The van der Waals surface area contributed by atoms with Crippen LogP contribution in [0.15, 0.2) is 36.8 Å². The Morgan fingerprint density at radius 3 is 2.80 bits per heavy atom. The predicted molar refractivity (Wildman–Crippen MR) is 159 cm³/mol. The third-order valence-electron chi connectivity index (χ3n) is 9.80. The number of likely N-dealkylation sites (N-methyl/N-ethyl adjacent to an activating group) is 1. The first-order valence-corrected chi connectivity index (χ1v) is 15.2. The molecular formula is C33H33F3N6O2. The number of likely N-dealkylation sites (tertiary alicyclic amines) is 2. The van der Waals surface area contributed by atoms with E-state index in [0.29, 0.717) is 37.0 Å². The van der Waals surface area contributed by atoms with Crippen LogP contribution in [0.25, 0.3) is 22.2 Å². The van der Waals surface area contributed by atoms with E-state index in [1.807, 2.05) is 29.0 Å². The fourth-order valence-corrected chi connectivity index (χ4v) is 7.51. The molecule has 228 valence electrons. The number of alkyl halides is 1. The van der Waals surface area contributed by atoms with Gasteiger partial charge in [0, 0.05) is 42.8 Å². The van der Waals surface area contributed by atoms with Crippen LogP contribution in [0.4, 0.5) is 18.9 Å². The molecule has 0 spiro atoms. The van der Waals surface area contributed by atoms with Crippen molar-refractivity contribution >= 4 is 22.5 Å². The molecule has 11 heteroatoms. The SMILES string of the molecule is C=C(F)C(=O)N1CC[C@@H]2[C@H]1CN2c1c(C#N)c(OC[C@@H]2C[C@@H](F)CN2C)nc2c(F)c(-c3cccc4c3CCCC4)ncc12. The molecule has 3 fully saturated rings. The normalized spacial score (nSPS) is 24.5. The van der Waals surface area contributed by atoms with Gasteiger partial charge in [0.2, 0.25) is 5.88 Å². The molecule has 3 saturated heterocycles. The Morgan fingerprint density at radius 1 is 1.23 bits per heavy atom. The number of halogens is 3. The summed E-state index contributed by atoms with van der Waals surface area (Å²) in [6.45, 7) is 4.20. The number of hydrogen-bond donors (Lipinski definition) is 0. The summed E-state index contributed by atoms with van der Waals surface area (Å²) in [6, 6.07) is 7.41. The molecule has 0 bridgehead atoms. The number of hydrogen-bond acceptors (Lipinski definition) is 7. The summed E-state index contributed by atoms with van der Waals surface area (Å²) in [7, 11) is 1.82. The second-order valence-corrected chi connectivity index (χ2v) is 12.3. The van der Waals surface area contributed by atoms with Crippen molar-refractivity contribution in [1.29, 1.82) is 5.26 Å². The molecule has 3 aromatic rings. The number of fused-ring (bicyclic) bond motifs is 3. The number of benzene rings is 1. The number of aryl methyl sites for hydroxylation is 1. The second kappa shape index (κ2) is 11.1. The maximum absolute atomic E-state index is 16.6. The number of nitrogens with zero attached hydrogens (tertiary/aromatic N) is 6. The van der Waals surface area contributed by atoms with Gasteiger partial charge in [-0.2, -0.15) is 5.26 Å². The largest absolute Gasteiger partial charge is 0.475 e. The van der Waals surface area contributed by atoms with Gasteiger partial charge in [-0.25, -0.2) is 18.2 Å². The number of anilines is 1. The van der Waals surface area contributed by atoms with E-state index in [1.54, 1.807) is 6.20 Å². The summed E-state index contributed by atoms with van der Waals surface area (Å²) >= 11 is 0. The minimum absolute atomic E-state index is 0.0247. The first kappa shape index (κ1) is 28.6. The Hall–Kier alpha value is -4.17. The van der Waals surface area contributed by atoms with E-state index in [9.17, 15) is 18.8 Å². The van der Waals surface area contributed by atoms with Crippen molar-refractivity contribution in [2.24, 2.45) is 0 Å². The zero-order valence-corrected chi connectivity index (χ0v) is 24.5. The summed E-state index contributed by atoms with van der Waals surface area (Å²) in [4.78, 5) is 26.9. The fourth-order valence-electron chi connectivity index (χ4n) is 7.51. The first-order chi connectivity index (χ1) is 21.3. The Labute approximate surface area is 253 Å². The van der Waals surface area contributed by atoms with E-state index < -0.39 is 23.7 Å². The number of rotatable bonds is 6. The second-order valence-electron chi connectivity index (χ2n) is 12.3. The van der Waals surface area contributed by atoms with Crippen molar-refractivity contribution in [3.05, 3.63) is 59.3 Å². The van der Waals surface area contributed by atoms with Crippen molar-refractivity contribution in [3.63, 3.8) is 0 Å². The maximum atomic E-state index is 16.6. The zero-order chi connectivity index (χ0) is 30.7. The molecule has 1 amide bonds. The zero-order valence-electron chi connectivity index (χ0n) is 24.5. The lowest BCUT2D eigenvalue weighted by molar-refractivity contribution is -0.130. The van der Waals surface area contributed by atoms with Crippen LogP contribution >= 0.6 is 0 Å². The van der Waals surface area contributed by atoms with Crippen LogP contribution in [0.1, 0.15) is 42.4 Å². The molecule has 1 aliphatic carbocycles. The summed E-state index contributed by atoms with van der Waals surface area (Å²) in [5.41, 5.74) is 3.80. The fraction of sp³-hybridized carbons (Fsp3) is 0.455. The van der Waals surface area contributed by atoms with Crippen molar-refractivity contribution in [1.82, 2.24) is 19.8 Å². The van der Waals surface area contributed by atoms with Gasteiger partial charge in [-0.15, -0.1) is 0 Å². The predicted octanol–water partition coefficient (Wildman–Crippen LogP) is 4.88. The van der Waals surface area contributed by atoms with Crippen LogP contribution in [-0.4, -0.2) is 83.3 Å². The smallest absolute Gasteiger partial charge is 0.282 e. The van der Waals surface area contributed by atoms with Crippen LogP contribution < -0.4 is 9.64 Å². The number of carbonyl (C=O) groups is 1. The van der Waals surface area contributed by atoms with Crippen molar-refractivity contribution < 1.29 is 22.7 Å². The van der Waals surface area contributed by atoms with E-state index in [1.165, 1.54) is 10.5 Å². The van der Waals surface area contributed by atoms with E-state index in [-0.39, 0.29) is 53.9 Å². The first-order valence-electron chi connectivity index (χ1n) is 15.2. The third-order valence-corrected chi connectivity index (χ3v) is 9.80. The van der Waals surface area contributed by atoms with Gasteiger partial charge >= 0.3 is 0 Å². The molecule has 7 rings (SSSR count). The van der Waals surface area contributed by atoms with Gasteiger partial charge < -0.3 is 14.5 Å². The van der Waals surface area contributed by atoms with Crippen molar-refractivity contribution in [3.8, 4) is 23.2 Å². The molecule has 3 aliphatic heterocycles. The number of ether oxygens (including phenoxy) is 1. The van der Waals surface area contributed by atoms with Gasteiger partial charge in [-0.1, -0.05) is 24.8 Å². The molecule has 5 heterocycles. The van der Waals surface area contributed by atoms with E-state index in [4.69, 9.17) is 4.74 Å². The minimum atomic E-state index is -1.01. The number of nitriles is 1. The Kier molecular flexibility index (Phi) is 7.20. The molecule has 0 saturated carbocycles. The monoisotopic (exact) mass is 602 g/mol. The molecule has 4 atom stereocenters. The Balaban J connectivity index is 1.34. The van der Waals surface area contributed by atoms with Gasteiger partial charge in [0.05, 0.1) is 17.8 Å². The molecule has 0 unspecified atom stereocenters. The highest BCUT2D eigenvalue weighted by atomic mass is 19.1. The molecular weight excluding hydrogens is 569 g/mol. The van der Waals surface area contributed by atoms with E-state index in [0.717, 1.165) is 36.8 Å². The van der Waals surface area contributed by atoms with Crippen molar-refractivity contribution in [2.45, 2.75) is 62.8 Å². The topological polar surface area (TPSA) is 85.6 Å². The molecule has 4 aliphatic rings. The molecule has 44 heavy (non-hydrogen) atoms. The highest BCUT2D eigenvalue weighted by Gasteiger charge is 2.50. The van der Waals surface area contributed by atoms with Gasteiger partial charge in [0.1, 0.15) is 35.6 Å². The maximum Gasteiger partial charge on any atom is 0.282 e. The van der Waals surface area contributed by atoms with Gasteiger partial charge in [-0.05, 0) is 56.7 Å². The van der Waals surface area contributed by atoms with Crippen molar-refractivity contribution in [2.75, 3.05) is 38.2 Å². The van der Waals surface area contributed by atoms with Crippen LogP contribution in [0.2, 0.25) is 0 Å². The lowest BCUT2D eigenvalue weighted by Gasteiger charge is -2.48. The molecule has 2 aromatic heterocycles. The Morgan fingerprint density at radius 2 is 2.05 bits per heavy atom. The standard InChI is InChI=1S/C33H33F3N6O2/c1-18(34)33(43)41-11-10-26-27(41)16-42(26)31-24(13-37)32(44-17-21-12-20(35)15-40(21)2)39-30-25(31)14-38-29(28(30)36)23-9-5-7-19-6-3-4-8-22(19)23/h5,7,9,14,20-21,26-27H,1,3-4,6,8,10-12,15-17H2,2H3/t20-,21+,26-,27-/m1/s1. The summed E-state index contributed by atoms with van der Waals surface area (Å²) in [5.74, 6) is -2.38. The highest BCUT2D eigenvalue weighted by Crippen LogP contribution is 2.45. The highest BCUT2D eigenvalue weighted by molar-refractivity contribution is 5.98. The van der Waals surface area contributed by atoms with E-state index in [2.05, 4.69) is 28.7 Å². The van der Waals surface area contributed by atoms with Crippen LogP contribution in [0, 0.1) is 17.1 Å². The van der Waals surface area contributed by atoms with Gasteiger partial charge in [0.25, 0.3) is 5.91 Å². The minimum Gasteiger partial charge on any atom is -0.475 e. The number of amides is 1. The third kappa shape index (κ3) is 4.58. The Bertz CT molecular complexity index is 1720. The average Bonchev–Trinajstić information content (AvgIpc) is 3.52. The van der Waals surface area contributed by atoms with Crippen LogP contribution in [0.5, 0.6) is 5.88 Å². The lowest BCUT2D eigenvalue weighted by atomic mass is 9.87. The molecule has 0 radical (unpaired) electrons. The quantitative estimate of drug-likeness (QED) is 0.372. The van der Waals surface area contributed by atoms with Gasteiger partial charge in [0.15, 0.2) is 11.6 Å². The molecule has 1 aromatic carbocycles. The number of carbonyl (C=O) groups excluding carboxylic acids is 1. The number of pyridine rings is 2. The number of aromatic nitrogens is 2. The summed E-state index contributed by atoms with van der Waals surface area (Å²) in [5, 5.41) is 10.8.